The fourth-order valence-electron chi connectivity index (χ4n) is 4.54. The molecule has 0 bridgehead atoms. The minimum absolute atomic E-state index is 0.200. The number of aryl methyl sites for hydroxylation is 1. The van der Waals surface area contributed by atoms with E-state index in [1.54, 1.807) is 4.68 Å². The zero-order valence-corrected chi connectivity index (χ0v) is 14.6. The molecule has 1 aliphatic carbocycles. The van der Waals surface area contributed by atoms with Gasteiger partial charge in [-0.25, -0.2) is 4.39 Å². The van der Waals surface area contributed by atoms with Gasteiger partial charge in [-0.2, -0.15) is 5.10 Å². The number of hydrogen-bond acceptors (Lipinski definition) is 3. The highest BCUT2D eigenvalue weighted by molar-refractivity contribution is 5.81. The molecule has 1 spiro atoms. The van der Waals surface area contributed by atoms with Crippen LogP contribution < -0.4 is 0 Å². The first-order valence-electron chi connectivity index (χ1n) is 9.10. The molecule has 4 atom stereocenters. The van der Waals surface area contributed by atoms with Crippen LogP contribution in [0.4, 0.5) is 4.39 Å². The van der Waals surface area contributed by atoms with Gasteiger partial charge in [0.15, 0.2) is 0 Å². The summed E-state index contributed by atoms with van der Waals surface area (Å²) in [6.45, 7) is 5.78. The third-order valence-corrected chi connectivity index (χ3v) is 6.19. The summed E-state index contributed by atoms with van der Waals surface area (Å²) in [5, 5.41) is 4.21. The van der Waals surface area contributed by atoms with Crippen LogP contribution in [0.1, 0.15) is 31.7 Å². The first-order chi connectivity index (χ1) is 11.5. The summed E-state index contributed by atoms with van der Waals surface area (Å²) in [7, 11) is 1.91. The number of piperidine rings is 1. The number of rotatable bonds is 3. The van der Waals surface area contributed by atoms with Crippen LogP contribution in [0.5, 0.6) is 0 Å². The van der Waals surface area contributed by atoms with Gasteiger partial charge in [0.05, 0.1) is 6.20 Å². The lowest BCUT2D eigenvalue weighted by Crippen LogP contribution is -2.53. The van der Waals surface area contributed by atoms with Crippen LogP contribution >= 0.6 is 0 Å². The second-order valence-electron chi connectivity index (χ2n) is 8.18. The van der Waals surface area contributed by atoms with Crippen molar-refractivity contribution in [3.05, 3.63) is 18.0 Å². The Hall–Kier alpha value is -1.43. The second kappa shape index (κ2) is 5.83. The molecule has 2 saturated heterocycles. The van der Waals surface area contributed by atoms with Gasteiger partial charge in [0.25, 0.3) is 0 Å². The van der Waals surface area contributed by atoms with Crippen LogP contribution in [0, 0.1) is 17.3 Å². The van der Waals surface area contributed by atoms with E-state index in [1.165, 1.54) is 5.56 Å². The molecule has 4 rings (SSSR count). The second-order valence-corrected chi connectivity index (χ2v) is 8.18. The molecule has 0 N–H and O–H groups in total. The average Bonchev–Trinajstić information content (AvgIpc) is 2.94. The Morgan fingerprint density at radius 2 is 2.21 bits per heavy atom. The summed E-state index contributed by atoms with van der Waals surface area (Å²) < 4.78 is 16.6. The molecule has 0 aromatic carbocycles. The molecule has 1 aromatic heterocycles. The summed E-state index contributed by atoms with van der Waals surface area (Å²) >= 11 is 0. The van der Waals surface area contributed by atoms with Crippen LogP contribution in [0.15, 0.2) is 12.4 Å². The van der Waals surface area contributed by atoms with E-state index in [2.05, 4.69) is 16.9 Å². The van der Waals surface area contributed by atoms with Gasteiger partial charge >= 0.3 is 0 Å². The maximum atomic E-state index is 14.8. The maximum Gasteiger partial charge on any atom is 0.225 e. The number of halogens is 1. The van der Waals surface area contributed by atoms with Crippen molar-refractivity contribution in [2.24, 2.45) is 24.3 Å². The van der Waals surface area contributed by atoms with Crippen molar-refractivity contribution in [2.45, 2.75) is 38.9 Å². The first-order valence-corrected chi connectivity index (χ1v) is 9.10. The Balaban J connectivity index is 1.42. The standard InChI is InChI=1S/C18H27FN4O/c1-13-7-15(13)17(24)23-5-3-16(19)18(12-23)4-6-22(11-18)10-14-8-20-21(2)9-14/h8-9,13,15-16H,3-7,10-12H2,1-2H3/t13-,15+,16+,18-/m1/s1. The quantitative estimate of drug-likeness (QED) is 0.847. The Morgan fingerprint density at radius 3 is 2.88 bits per heavy atom. The summed E-state index contributed by atoms with van der Waals surface area (Å²) in [5.41, 5.74) is 0.800. The number of hydrogen-bond donors (Lipinski definition) is 0. The maximum absolute atomic E-state index is 14.8. The molecular weight excluding hydrogens is 307 g/mol. The van der Waals surface area contributed by atoms with Crippen LogP contribution in [0.3, 0.4) is 0 Å². The van der Waals surface area contributed by atoms with Crippen LogP contribution in [-0.4, -0.2) is 57.8 Å². The van der Waals surface area contributed by atoms with Gasteiger partial charge in [0.1, 0.15) is 6.17 Å². The molecule has 2 aliphatic heterocycles. The predicted molar refractivity (Wildman–Crippen MR) is 88.9 cm³/mol. The Labute approximate surface area is 142 Å². The highest BCUT2D eigenvalue weighted by Crippen LogP contribution is 2.44. The lowest BCUT2D eigenvalue weighted by atomic mass is 9.77. The van der Waals surface area contributed by atoms with Crippen molar-refractivity contribution in [1.29, 1.82) is 0 Å². The summed E-state index contributed by atoms with van der Waals surface area (Å²) in [5.74, 6) is 0.979. The van der Waals surface area contributed by atoms with Gasteiger partial charge in [0.2, 0.25) is 5.91 Å². The molecule has 6 heteroatoms. The normalized spacial score (nSPS) is 36.5. The van der Waals surface area contributed by atoms with Crippen molar-refractivity contribution in [3.63, 3.8) is 0 Å². The molecule has 5 nitrogen and oxygen atoms in total. The zero-order valence-electron chi connectivity index (χ0n) is 14.6. The van der Waals surface area contributed by atoms with E-state index in [9.17, 15) is 9.18 Å². The molecule has 24 heavy (non-hydrogen) atoms. The molecule has 3 aliphatic rings. The van der Waals surface area contributed by atoms with Gasteiger partial charge in [-0.3, -0.25) is 14.4 Å². The molecule has 1 amide bonds. The number of amides is 1. The molecule has 132 valence electrons. The average molecular weight is 334 g/mol. The van der Waals surface area contributed by atoms with Crippen molar-refractivity contribution in [1.82, 2.24) is 19.6 Å². The van der Waals surface area contributed by atoms with Gasteiger partial charge in [-0.15, -0.1) is 0 Å². The number of nitrogens with zero attached hydrogens (tertiary/aromatic N) is 4. The topological polar surface area (TPSA) is 41.4 Å². The summed E-state index contributed by atoms with van der Waals surface area (Å²) in [6, 6.07) is 0. The highest BCUT2D eigenvalue weighted by atomic mass is 19.1. The number of aromatic nitrogens is 2. The van der Waals surface area contributed by atoms with Gasteiger partial charge in [0, 0.05) is 56.3 Å². The lowest BCUT2D eigenvalue weighted by molar-refractivity contribution is -0.138. The van der Waals surface area contributed by atoms with Gasteiger partial charge in [-0.05, 0) is 31.7 Å². The zero-order chi connectivity index (χ0) is 16.9. The highest BCUT2D eigenvalue weighted by Gasteiger charge is 2.51. The largest absolute Gasteiger partial charge is 0.342 e. The third kappa shape index (κ3) is 2.85. The fourth-order valence-corrected chi connectivity index (χ4v) is 4.54. The predicted octanol–water partition coefficient (Wildman–Crippen LogP) is 1.84. The van der Waals surface area contributed by atoms with Crippen molar-refractivity contribution >= 4 is 5.91 Å². The van der Waals surface area contributed by atoms with Crippen molar-refractivity contribution < 1.29 is 9.18 Å². The van der Waals surface area contributed by atoms with Gasteiger partial charge < -0.3 is 4.90 Å². The SMILES string of the molecule is C[C@@H]1C[C@@H]1C(=O)N1CC[C@H](F)[C@@]2(CCN(Cc3cnn(C)c3)C2)C1. The molecule has 3 fully saturated rings. The number of carbonyl (C=O) groups is 1. The minimum Gasteiger partial charge on any atom is -0.342 e. The minimum atomic E-state index is -0.794. The Kier molecular flexibility index (Phi) is 3.90. The lowest BCUT2D eigenvalue weighted by Gasteiger charge is -2.43. The van der Waals surface area contributed by atoms with E-state index in [0.717, 1.165) is 32.5 Å². The molecule has 3 heterocycles. The van der Waals surface area contributed by atoms with E-state index in [0.29, 0.717) is 25.4 Å². The molecule has 0 unspecified atom stereocenters. The molecular formula is C18H27FN4O. The van der Waals surface area contributed by atoms with Crippen LogP contribution in [0.2, 0.25) is 0 Å². The third-order valence-electron chi connectivity index (χ3n) is 6.19. The molecule has 1 aromatic rings. The van der Waals surface area contributed by atoms with Gasteiger partial charge in [-0.1, -0.05) is 6.92 Å². The number of alkyl halides is 1. The molecule has 1 saturated carbocycles. The Bertz CT molecular complexity index is 632. The van der Waals surface area contributed by atoms with Crippen molar-refractivity contribution in [2.75, 3.05) is 26.2 Å². The monoisotopic (exact) mass is 334 g/mol. The van der Waals surface area contributed by atoms with E-state index < -0.39 is 6.17 Å². The van der Waals surface area contributed by atoms with Crippen molar-refractivity contribution in [3.8, 4) is 0 Å². The van der Waals surface area contributed by atoms with E-state index in [1.807, 2.05) is 24.3 Å². The summed E-state index contributed by atoms with van der Waals surface area (Å²) in [4.78, 5) is 16.8. The smallest absolute Gasteiger partial charge is 0.225 e. The van der Waals surface area contributed by atoms with Crippen LogP contribution in [0.25, 0.3) is 0 Å². The van der Waals surface area contributed by atoms with E-state index >= 15 is 0 Å². The molecule has 0 radical (unpaired) electrons. The van der Waals surface area contributed by atoms with Crippen LogP contribution in [-0.2, 0) is 18.4 Å². The number of carbonyl (C=O) groups excluding carboxylic acids is 1. The Morgan fingerprint density at radius 1 is 1.42 bits per heavy atom. The van der Waals surface area contributed by atoms with E-state index in [-0.39, 0.29) is 17.2 Å². The first kappa shape index (κ1) is 16.1. The van der Waals surface area contributed by atoms with E-state index in [4.69, 9.17) is 0 Å². The fraction of sp³-hybridized carbons (Fsp3) is 0.778. The summed E-state index contributed by atoms with van der Waals surface area (Å²) in [6.07, 6.45) is 5.45. The number of likely N-dealkylation sites (tertiary alicyclic amines) is 2.